The molecule has 9 heteroatoms. The van der Waals surface area contributed by atoms with Gasteiger partial charge in [0.05, 0.1) is 29.2 Å². The third-order valence-electron chi connectivity index (χ3n) is 4.78. The lowest BCUT2D eigenvalue weighted by Crippen LogP contribution is -2.51. The van der Waals surface area contributed by atoms with Crippen LogP contribution in [0.15, 0.2) is 61.4 Å². The van der Waals surface area contributed by atoms with Crippen molar-refractivity contribution in [3.63, 3.8) is 0 Å². The Balaban J connectivity index is 1.64. The van der Waals surface area contributed by atoms with Crippen molar-refractivity contribution in [3.8, 4) is 0 Å². The SMILES string of the molecule is O=C(NN(c1ccncc1Nc1ccc(F)cc1)C1CCOCC1)c1cncnc1. The highest BCUT2D eigenvalue weighted by Gasteiger charge is 2.26. The van der Waals surface area contributed by atoms with E-state index in [2.05, 4.69) is 25.7 Å². The third kappa shape index (κ3) is 4.69. The fraction of sp³-hybridized carbons (Fsp3) is 0.238. The predicted molar refractivity (Wildman–Crippen MR) is 110 cm³/mol. The summed E-state index contributed by atoms with van der Waals surface area (Å²) in [6.07, 6.45) is 9.15. The molecule has 30 heavy (non-hydrogen) atoms. The molecule has 0 unspecified atom stereocenters. The number of rotatable bonds is 6. The predicted octanol–water partition coefficient (Wildman–Crippen LogP) is 3.08. The van der Waals surface area contributed by atoms with Gasteiger partial charge in [0.1, 0.15) is 12.1 Å². The van der Waals surface area contributed by atoms with E-state index in [1.54, 1.807) is 24.5 Å². The van der Waals surface area contributed by atoms with Gasteiger partial charge in [-0.25, -0.2) is 14.4 Å². The maximum atomic E-state index is 13.3. The van der Waals surface area contributed by atoms with E-state index < -0.39 is 0 Å². The van der Waals surface area contributed by atoms with Crippen molar-refractivity contribution in [2.24, 2.45) is 0 Å². The smallest absolute Gasteiger partial charge is 0.272 e. The molecule has 1 aliphatic heterocycles. The van der Waals surface area contributed by atoms with Gasteiger partial charge in [-0.15, -0.1) is 0 Å². The van der Waals surface area contributed by atoms with Crippen molar-refractivity contribution >= 4 is 23.0 Å². The first kappa shape index (κ1) is 19.7. The van der Waals surface area contributed by atoms with E-state index in [-0.39, 0.29) is 17.8 Å². The number of halogens is 1. The van der Waals surface area contributed by atoms with E-state index >= 15 is 0 Å². The van der Waals surface area contributed by atoms with Crippen LogP contribution in [0.3, 0.4) is 0 Å². The summed E-state index contributed by atoms with van der Waals surface area (Å²) in [6, 6.07) is 7.90. The van der Waals surface area contributed by atoms with Crippen LogP contribution in [0.1, 0.15) is 23.2 Å². The maximum absolute atomic E-state index is 13.3. The van der Waals surface area contributed by atoms with Crippen LogP contribution in [0, 0.1) is 5.82 Å². The molecule has 0 aliphatic carbocycles. The number of hydrogen-bond acceptors (Lipinski definition) is 7. The maximum Gasteiger partial charge on any atom is 0.272 e. The topological polar surface area (TPSA) is 92.3 Å². The van der Waals surface area contributed by atoms with E-state index in [4.69, 9.17) is 4.74 Å². The van der Waals surface area contributed by atoms with Gasteiger partial charge >= 0.3 is 0 Å². The number of nitrogens with zero attached hydrogens (tertiary/aromatic N) is 4. The van der Waals surface area contributed by atoms with Crippen LogP contribution in [-0.2, 0) is 4.74 Å². The van der Waals surface area contributed by atoms with E-state index in [9.17, 15) is 9.18 Å². The zero-order valence-electron chi connectivity index (χ0n) is 16.2. The Morgan fingerprint density at radius 2 is 1.77 bits per heavy atom. The molecule has 1 aromatic carbocycles. The van der Waals surface area contributed by atoms with Crippen LogP contribution in [-0.4, -0.2) is 40.1 Å². The van der Waals surface area contributed by atoms with Gasteiger partial charge in [0.25, 0.3) is 5.91 Å². The molecule has 3 heterocycles. The van der Waals surface area contributed by atoms with Gasteiger partial charge < -0.3 is 10.1 Å². The van der Waals surface area contributed by atoms with Crippen LogP contribution in [0.4, 0.5) is 21.5 Å². The molecule has 2 aromatic heterocycles. The summed E-state index contributed by atoms with van der Waals surface area (Å²) < 4.78 is 18.8. The molecule has 0 radical (unpaired) electrons. The van der Waals surface area contributed by atoms with Crippen molar-refractivity contribution in [1.29, 1.82) is 0 Å². The van der Waals surface area contributed by atoms with Crippen LogP contribution >= 0.6 is 0 Å². The van der Waals surface area contributed by atoms with Crippen LogP contribution in [0.2, 0.25) is 0 Å². The van der Waals surface area contributed by atoms with Crippen LogP contribution in [0.5, 0.6) is 0 Å². The molecular weight excluding hydrogens is 387 g/mol. The first-order valence-electron chi connectivity index (χ1n) is 9.60. The summed E-state index contributed by atoms with van der Waals surface area (Å²) in [7, 11) is 0. The number of anilines is 3. The number of carbonyl (C=O) groups is 1. The van der Waals surface area contributed by atoms with E-state index in [0.29, 0.717) is 30.2 Å². The minimum absolute atomic E-state index is 0.0310. The van der Waals surface area contributed by atoms with Gasteiger partial charge in [-0.05, 0) is 43.2 Å². The van der Waals surface area contributed by atoms with Gasteiger partial charge in [-0.3, -0.25) is 20.2 Å². The minimum Gasteiger partial charge on any atom is -0.381 e. The summed E-state index contributed by atoms with van der Waals surface area (Å²) >= 11 is 0. The molecule has 0 spiro atoms. The molecule has 4 rings (SSSR count). The summed E-state index contributed by atoms with van der Waals surface area (Å²) in [5, 5.41) is 5.09. The van der Waals surface area contributed by atoms with Gasteiger partial charge in [0.2, 0.25) is 0 Å². The third-order valence-corrected chi connectivity index (χ3v) is 4.78. The number of benzene rings is 1. The highest BCUT2D eigenvalue weighted by atomic mass is 19.1. The lowest BCUT2D eigenvalue weighted by atomic mass is 10.1. The van der Waals surface area contributed by atoms with Crippen LogP contribution < -0.4 is 15.8 Å². The summed E-state index contributed by atoms with van der Waals surface area (Å²) in [6.45, 7) is 1.22. The molecule has 1 fully saturated rings. The zero-order chi connectivity index (χ0) is 20.8. The monoisotopic (exact) mass is 408 g/mol. The highest BCUT2D eigenvalue weighted by molar-refractivity contribution is 5.95. The Labute approximate surface area is 173 Å². The molecular formula is C21H21FN6O2. The van der Waals surface area contributed by atoms with Gasteiger partial charge in [0, 0.05) is 37.5 Å². The Morgan fingerprint density at radius 3 is 2.50 bits per heavy atom. The summed E-state index contributed by atoms with van der Waals surface area (Å²) in [4.78, 5) is 24.9. The first-order valence-corrected chi connectivity index (χ1v) is 9.60. The number of ether oxygens (including phenoxy) is 1. The minimum atomic E-state index is -0.313. The Hall–Kier alpha value is -3.59. The summed E-state index contributed by atoms with van der Waals surface area (Å²) in [5.41, 5.74) is 5.48. The number of aromatic nitrogens is 3. The molecule has 1 amide bonds. The fourth-order valence-corrected chi connectivity index (χ4v) is 3.26. The Kier molecular flexibility index (Phi) is 6.09. The molecule has 1 aliphatic rings. The molecule has 0 bridgehead atoms. The normalized spacial score (nSPS) is 14.2. The first-order chi connectivity index (χ1) is 14.7. The van der Waals surface area contributed by atoms with Crippen molar-refractivity contribution in [1.82, 2.24) is 20.4 Å². The standard InChI is InChI=1S/C21H21FN6O2/c22-16-1-3-17(4-2-16)26-19-13-23-8-5-20(19)28(18-6-9-30-10-7-18)27-21(29)15-11-24-14-25-12-15/h1-5,8,11-14,18,26H,6-7,9-10H2,(H,27,29). The number of pyridine rings is 1. The molecule has 3 aromatic rings. The van der Waals surface area contributed by atoms with Gasteiger partial charge in [-0.1, -0.05) is 0 Å². The van der Waals surface area contributed by atoms with Crippen molar-refractivity contribution < 1.29 is 13.9 Å². The number of hydrazine groups is 1. The lowest BCUT2D eigenvalue weighted by molar-refractivity contribution is 0.0777. The fourth-order valence-electron chi connectivity index (χ4n) is 3.26. The largest absolute Gasteiger partial charge is 0.381 e. The number of carbonyl (C=O) groups excluding carboxylic acids is 1. The highest BCUT2D eigenvalue weighted by Crippen LogP contribution is 2.30. The molecule has 1 saturated heterocycles. The molecule has 0 atom stereocenters. The van der Waals surface area contributed by atoms with Gasteiger partial charge in [0.15, 0.2) is 0 Å². The van der Waals surface area contributed by atoms with Crippen molar-refractivity contribution in [2.75, 3.05) is 23.5 Å². The number of amides is 1. The van der Waals surface area contributed by atoms with Crippen molar-refractivity contribution in [3.05, 3.63) is 72.8 Å². The van der Waals surface area contributed by atoms with E-state index in [0.717, 1.165) is 18.5 Å². The Morgan fingerprint density at radius 1 is 1.03 bits per heavy atom. The molecule has 154 valence electrons. The zero-order valence-corrected chi connectivity index (χ0v) is 16.2. The second kappa shape index (κ2) is 9.27. The quantitative estimate of drug-likeness (QED) is 0.606. The van der Waals surface area contributed by atoms with Gasteiger partial charge in [-0.2, -0.15) is 0 Å². The number of nitrogens with one attached hydrogen (secondary N) is 2. The van der Waals surface area contributed by atoms with E-state index in [1.165, 1.54) is 30.9 Å². The number of hydrogen-bond donors (Lipinski definition) is 2. The average Bonchev–Trinajstić information content (AvgIpc) is 2.80. The molecule has 8 nitrogen and oxygen atoms in total. The van der Waals surface area contributed by atoms with Crippen LogP contribution in [0.25, 0.3) is 0 Å². The lowest BCUT2D eigenvalue weighted by Gasteiger charge is -2.36. The average molecular weight is 408 g/mol. The summed E-state index contributed by atoms with van der Waals surface area (Å²) in [5.74, 6) is -0.625. The second-order valence-electron chi connectivity index (χ2n) is 6.81. The van der Waals surface area contributed by atoms with Crippen molar-refractivity contribution in [2.45, 2.75) is 18.9 Å². The van der Waals surface area contributed by atoms with E-state index in [1.807, 2.05) is 11.1 Å². The molecule has 0 saturated carbocycles. The Bertz CT molecular complexity index is 980. The molecule has 2 N–H and O–H groups in total. The second-order valence-corrected chi connectivity index (χ2v) is 6.81.